The molecule has 0 saturated carbocycles. The molecule has 6 nitrogen and oxygen atoms in total. The molecule has 0 unspecified atom stereocenters. The Morgan fingerprint density at radius 2 is 1.90 bits per heavy atom. The molecule has 0 bridgehead atoms. The minimum absolute atomic E-state index is 0.222. The number of hydrogen-bond donors (Lipinski definition) is 0. The molecule has 1 saturated heterocycles. The molecule has 2 aromatic carbocycles. The van der Waals surface area contributed by atoms with Crippen LogP contribution in [0.5, 0.6) is 5.75 Å². The smallest absolute Gasteiger partial charge is 0.326 e. The maximum atomic E-state index is 12.7. The van der Waals surface area contributed by atoms with E-state index >= 15 is 0 Å². The number of halogens is 2. The van der Waals surface area contributed by atoms with E-state index in [0.29, 0.717) is 17.9 Å². The number of esters is 1. The molecular weight excluding hydrogens is 597 g/mol. The van der Waals surface area contributed by atoms with Gasteiger partial charge in [0.05, 0.1) is 11.0 Å². The third-order valence-corrected chi connectivity index (χ3v) is 6.21. The first kappa shape index (κ1) is 23.8. The molecule has 0 aromatic heterocycles. The van der Waals surface area contributed by atoms with Crippen LogP contribution in [-0.4, -0.2) is 34.7 Å². The summed E-state index contributed by atoms with van der Waals surface area (Å²) in [7, 11) is 0. The SMILES string of the molecule is CC(C)OC(=O)CN1C(=O)S/C(=C/c2cc(Br)ccc2OCc2ccc(I)cc2)C1=O. The Morgan fingerprint density at radius 1 is 1.19 bits per heavy atom. The van der Waals surface area contributed by atoms with Crippen molar-refractivity contribution in [3.05, 3.63) is 66.5 Å². The molecule has 0 atom stereocenters. The number of amides is 2. The Morgan fingerprint density at radius 3 is 2.58 bits per heavy atom. The fraction of sp³-hybridized carbons (Fsp3) is 0.227. The van der Waals surface area contributed by atoms with E-state index in [9.17, 15) is 14.4 Å². The summed E-state index contributed by atoms with van der Waals surface area (Å²) >= 11 is 6.46. The molecule has 162 valence electrons. The molecule has 1 aliphatic rings. The van der Waals surface area contributed by atoms with Crippen LogP contribution in [0.2, 0.25) is 0 Å². The molecule has 3 rings (SSSR count). The zero-order valence-electron chi connectivity index (χ0n) is 16.8. The molecule has 0 aliphatic carbocycles. The highest BCUT2D eigenvalue weighted by Crippen LogP contribution is 2.35. The van der Waals surface area contributed by atoms with Crippen molar-refractivity contribution < 1.29 is 23.9 Å². The van der Waals surface area contributed by atoms with Crippen LogP contribution >= 0.6 is 50.3 Å². The van der Waals surface area contributed by atoms with E-state index in [0.717, 1.165) is 30.3 Å². The molecule has 1 heterocycles. The van der Waals surface area contributed by atoms with Gasteiger partial charge in [-0.05, 0) is 90.2 Å². The van der Waals surface area contributed by atoms with Crippen LogP contribution in [0, 0.1) is 3.57 Å². The molecular formula is C22H19BrINO5S. The zero-order valence-corrected chi connectivity index (χ0v) is 21.3. The van der Waals surface area contributed by atoms with Gasteiger partial charge in [-0.25, -0.2) is 0 Å². The summed E-state index contributed by atoms with van der Waals surface area (Å²) in [5.74, 6) is -0.574. The average molecular weight is 616 g/mol. The van der Waals surface area contributed by atoms with Gasteiger partial charge < -0.3 is 9.47 Å². The first-order valence-electron chi connectivity index (χ1n) is 9.34. The second-order valence-electron chi connectivity index (χ2n) is 6.90. The van der Waals surface area contributed by atoms with Gasteiger partial charge in [0.25, 0.3) is 11.1 Å². The lowest BCUT2D eigenvalue weighted by atomic mass is 10.1. The Kier molecular flexibility index (Phi) is 8.17. The number of carbonyl (C=O) groups excluding carboxylic acids is 3. The summed E-state index contributed by atoms with van der Waals surface area (Å²) < 4.78 is 12.9. The summed E-state index contributed by atoms with van der Waals surface area (Å²) in [6.45, 7) is 3.37. The number of nitrogens with zero attached hydrogens (tertiary/aromatic N) is 1. The van der Waals surface area contributed by atoms with Crippen LogP contribution in [0.4, 0.5) is 4.79 Å². The van der Waals surface area contributed by atoms with Gasteiger partial charge in [-0.2, -0.15) is 0 Å². The molecule has 1 fully saturated rings. The number of hydrogen-bond acceptors (Lipinski definition) is 6. The van der Waals surface area contributed by atoms with Gasteiger partial charge in [-0.1, -0.05) is 28.1 Å². The van der Waals surface area contributed by atoms with Crippen LogP contribution in [0.3, 0.4) is 0 Å². The van der Waals surface area contributed by atoms with Crippen molar-refractivity contribution in [3.8, 4) is 5.75 Å². The molecule has 0 N–H and O–H groups in total. The van der Waals surface area contributed by atoms with E-state index in [2.05, 4.69) is 38.5 Å². The van der Waals surface area contributed by atoms with E-state index in [-0.39, 0.29) is 11.0 Å². The number of imide groups is 1. The lowest BCUT2D eigenvalue weighted by molar-refractivity contribution is -0.149. The van der Waals surface area contributed by atoms with Crippen LogP contribution in [0.25, 0.3) is 6.08 Å². The maximum Gasteiger partial charge on any atom is 0.326 e. The molecule has 0 spiro atoms. The number of rotatable bonds is 7. The van der Waals surface area contributed by atoms with Crippen molar-refractivity contribution in [2.45, 2.75) is 26.6 Å². The van der Waals surface area contributed by atoms with Gasteiger partial charge >= 0.3 is 5.97 Å². The summed E-state index contributed by atoms with van der Waals surface area (Å²) in [4.78, 5) is 38.0. The van der Waals surface area contributed by atoms with E-state index in [1.165, 1.54) is 0 Å². The third-order valence-electron chi connectivity index (χ3n) is 4.09. The maximum absolute atomic E-state index is 12.7. The lowest BCUT2D eigenvalue weighted by Crippen LogP contribution is -2.35. The van der Waals surface area contributed by atoms with E-state index in [4.69, 9.17) is 9.47 Å². The topological polar surface area (TPSA) is 72.9 Å². The zero-order chi connectivity index (χ0) is 22.5. The molecule has 2 amide bonds. The Balaban J connectivity index is 1.78. The van der Waals surface area contributed by atoms with Crippen molar-refractivity contribution in [1.82, 2.24) is 4.90 Å². The summed E-state index contributed by atoms with van der Waals surface area (Å²) in [5.41, 5.74) is 1.66. The fourth-order valence-electron chi connectivity index (χ4n) is 2.71. The van der Waals surface area contributed by atoms with E-state index in [1.807, 2.05) is 36.4 Å². The molecule has 31 heavy (non-hydrogen) atoms. The summed E-state index contributed by atoms with van der Waals surface area (Å²) in [6, 6.07) is 13.4. The van der Waals surface area contributed by atoms with Crippen LogP contribution in [0.15, 0.2) is 51.8 Å². The quantitative estimate of drug-likeness (QED) is 0.229. The second-order valence-corrected chi connectivity index (χ2v) is 10.1. The van der Waals surface area contributed by atoms with Gasteiger partial charge in [-0.15, -0.1) is 0 Å². The van der Waals surface area contributed by atoms with Crippen LogP contribution in [-0.2, 0) is 20.9 Å². The highest BCUT2D eigenvalue weighted by molar-refractivity contribution is 14.1. The predicted octanol–water partition coefficient (Wildman–Crippen LogP) is 5.62. The highest BCUT2D eigenvalue weighted by Gasteiger charge is 2.37. The minimum atomic E-state index is -0.623. The molecule has 2 aromatic rings. The third kappa shape index (κ3) is 6.56. The monoisotopic (exact) mass is 615 g/mol. The second kappa shape index (κ2) is 10.6. The van der Waals surface area contributed by atoms with Crippen molar-refractivity contribution in [2.75, 3.05) is 6.54 Å². The Bertz CT molecular complexity index is 1040. The minimum Gasteiger partial charge on any atom is -0.488 e. The number of ether oxygens (including phenoxy) is 2. The van der Waals surface area contributed by atoms with Gasteiger partial charge in [0.15, 0.2) is 0 Å². The predicted molar refractivity (Wildman–Crippen MR) is 132 cm³/mol. The summed E-state index contributed by atoms with van der Waals surface area (Å²) in [5, 5.41) is -0.506. The number of carbonyl (C=O) groups is 3. The van der Waals surface area contributed by atoms with Crippen molar-refractivity contribution in [3.63, 3.8) is 0 Å². The molecule has 0 radical (unpaired) electrons. The highest BCUT2D eigenvalue weighted by atomic mass is 127. The van der Waals surface area contributed by atoms with Gasteiger partial charge in [-0.3, -0.25) is 19.3 Å². The van der Waals surface area contributed by atoms with Gasteiger partial charge in [0, 0.05) is 13.6 Å². The van der Waals surface area contributed by atoms with E-state index < -0.39 is 23.7 Å². The Labute approximate surface area is 206 Å². The normalized spacial score (nSPS) is 15.1. The molecule has 1 aliphatic heterocycles. The standard InChI is InChI=1S/C22H19BrINO5S/c1-13(2)30-20(26)11-25-21(27)19(31-22(25)28)10-15-9-16(23)5-8-18(15)29-12-14-3-6-17(24)7-4-14/h3-10,13H,11-12H2,1-2H3/b19-10+. The lowest BCUT2D eigenvalue weighted by Gasteiger charge is -2.13. The largest absolute Gasteiger partial charge is 0.488 e. The van der Waals surface area contributed by atoms with Crippen LogP contribution in [0.1, 0.15) is 25.0 Å². The van der Waals surface area contributed by atoms with Crippen LogP contribution < -0.4 is 4.74 Å². The first-order valence-corrected chi connectivity index (χ1v) is 12.0. The molecule has 9 heteroatoms. The number of thioether (sulfide) groups is 1. The fourth-order valence-corrected chi connectivity index (χ4v) is 4.28. The Hall–Kier alpha value is -1.85. The summed E-state index contributed by atoms with van der Waals surface area (Å²) in [6.07, 6.45) is 1.28. The van der Waals surface area contributed by atoms with E-state index in [1.54, 1.807) is 26.0 Å². The van der Waals surface area contributed by atoms with Gasteiger partial charge in [0.2, 0.25) is 0 Å². The average Bonchev–Trinajstić information content (AvgIpc) is 2.95. The first-order chi connectivity index (χ1) is 14.7. The van der Waals surface area contributed by atoms with Crippen molar-refractivity contribution in [1.29, 1.82) is 0 Å². The van der Waals surface area contributed by atoms with Gasteiger partial charge in [0.1, 0.15) is 18.9 Å². The van der Waals surface area contributed by atoms with Crippen molar-refractivity contribution >= 4 is 73.5 Å². The number of benzene rings is 2. The van der Waals surface area contributed by atoms with Crippen molar-refractivity contribution in [2.24, 2.45) is 0 Å².